The summed E-state index contributed by atoms with van der Waals surface area (Å²) in [6.45, 7) is 0.599. The van der Waals surface area contributed by atoms with Crippen LogP contribution in [0.5, 0.6) is 0 Å². The summed E-state index contributed by atoms with van der Waals surface area (Å²) in [5.74, 6) is -0.366. The summed E-state index contributed by atoms with van der Waals surface area (Å²) >= 11 is 0. The van der Waals surface area contributed by atoms with Crippen LogP contribution in [0.2, 0.25) is 0 Å². The number of hydrogen-bond donors (Lipinski definition) is 2. The van der Waals surface area contributed by atoms with Crippen molar-refractivity contribution in [3.63, 3.8) is 0 Å². The molecule has 2 amide bonds. The van der Waals surface area contributed by atoms with Crippen molar-refractivity contribution in [2.24, 2.45) is 0 Å². The third-order valence-corrected chi connectivity index (χ3v) is 5.08. The molecule has 6 nitrogen and oxygen atoms in total. The first-order valence-electron chi connectivity index (χ1n) is 9.38. The maximum absolute atomic E-state index is 12.4. The number of carbonyl (C=O) groups is 2. The second-order valence-corrected chi connectivity index (χ2v) is 6.91. The zero-order valence-corrected chi connectivity index (χ0v) is 15.4. The predicted molar refractivity (Wildman–Crippen MR) is 108 cm³/mol. The van der Waals surface area contributed by atoms with Gasteiger partial charge in [0.05, 0.1) is 6.54 Å². The molecular formula is C22H21N3O3. The molecule has 6 heteroatoms. The molecule has 28 heavy (non-hydrogen) atoms. The molecule has 3 aromatic rings. The summed E-state index contributed by atoms with van der Waals surface area (Å²) in [5, 5.41) is 3.61. The van der Waals surface area contributed by atoms with Crippen molar-refractivity contribution in [1.29, 1.82) is 0 Å². The number of nitrogens with zero attached hydrogens (tertiary/aromatic N) is 1. The molecule has 0 atom stereocenters. The lowest BCUT2D eigenvalue weighted by molar-refractivity contribution is -0.124. The molecule has 142 valence electrons. The maximum Gasteiger partial charge on any atom is 0.251 e. The number of pyridine rings is 1. The van der Waals surface area contributed by atoms with E-state index in [1.165, 1.54) is 0 Å². The van der Waals surface area contributed by atoms with Crippen LogP contribution in [0.4, 0.5) is 5.69 Å². The SMILES string of the molecule is O=C(CCc1cc2ccccc2[nH]c1=O)NCC(=O)N1CCc2ccccc21. The molecule has 0 radical (unpaired) electrons. The first-order valence-corrected chi connectivity index (χ1v) is 9.38. The monoisotopic (exact) mass is 375 g/mol. The van der Waals surface area contributed by atoms with Crippen LogP contribution < -0.4 is 15.8 Å². The Bertz CT molecular complexity index is 1100. The van der Waals surface area contributed by atoms with E-state index in [-0.39, 0.29) is 30.3 Å². The summed E-state index contributed by atoms with van der Waals surface area (Å²) in [6.07, 6.45) is 1.32. The molecule has 2 aromatic carbocycles. The number of para-hydroxylation sites is 2. The smallest absolute Gasteiger partial charge is 0.251 e. The summed E-state index contributed by atoms with van der Waals surface area (Å²) in [7, 11) is 0. The third kappa shape index (κ3) is 3.67. The van der Waals surface area contributed by atoms with E-state index in [0.29, 0.717) is 18.5 Å². The van der Waals surface area contributed by atoms with Crippen LogP contribution in [0.1, 0.15) is 17.5 Å². The molecule has 2 heterocycles. The minimum atomic E-state index is -0.242. The van der Waals surface area contributed by atoms with Crippen LogP contribution >= 0.6 is 0 Å². The Morgan fingerprint density at radius 3 is 2.75 bits per heavy atom. The molecule has 0 saturated carbocycles. The van der Waals surface area contributed by atoms with Gasteiger partial charge in [-0.25, -0.2) is 0 Å². The van der Waals surface area contributed by atoms with Crippen LogP contribution in [0.15, 0.2) is 59.4 Å². The Balaban J connectivity index is 1.32. The summed E-state index contributed by atoms with van der Waals surface area (Å²) in [5.41, 5.74) is 3.23. The third-order valence-electron chi connectivity index (χ3n) is 5.08. The van der Waals surface area contributed by atoms with Gasteiger partial charge >= 0.3 is 0 Å². The minimum Gasteiger partial charge on any atom is -0.347 e. The highest BCUT2D eigenvalue weighted by Crippen LogP contribution is 2.27. The lowest BCUT2D eigenvalue weighted by Crippen LogP contribution is -2.39. The molecule has 2 N–H and O–H groups in total. The highest BCUT2D eigenvalue weighted by molar-refractivity contribution is 5.98. The molecule has 1 aromatic heterocycles. The van der Waals surface area contributed by atoms with Gasteiger partial charge in [0.1, 0.15) is 0 Å². The second kappa shape index (κ2) is 7.68. The fraction of sp³-hybridized carbons (Fsp3) is 0.227. The number of anilines is 1. The number of rotatable bonds is 5. The molecule has 0 bridgehead atoms. The molecule has 0 spiro atoms. The van der Waals surface area contributed by atoms with Crippen molar-refractivity contribution in [2.75, 3.05) is 18.0 Å². The van der Waals surface area contributed by atoms with E-state index in [1.54, 1.807) is 4.90 Å². The van der Waals surface area contributed by atoms with E-state index in [4.69, 9.17) is 0 Å². The molecule has 0 aliphatic carbocycles. The van der Waals surface area contributed by atoms with Gasteiger partial charge in [-0.3, -0.25) is 14.4 Å². The summed E-state index contributed by atoms with van der Waals surface area (Å²) in [4.78, 5) is 41.3. The number of hydrogen-bond acceptors (Lipinski definition) is 3. The topological polar surface area (TPSA) is 82.3 Å². The second-order valence-electron chi connectivity index (χ2n) is 6.91. The predicted octanol–water partition coefficient (Wildman–Crippen LogP) is 2.17. The van der Waals surface area contributed by atoms with Crippen LogP contribution in [0.3, 0.4) is 0 Å². The standard InChI is InChI=1S/C22H21N3O3/c26-20(10-9-17-13-16-6-1-3-7-18(16)24-22(17)28)23-14-21(27)25-12-11-15-5-2-4-8-19(15)25/h1-8,13H,9-12,14H2,(H,23,26)(H,24,28). The van der Waals surface area contributed by atoms with Gasteiger partial charge in [-0.05, 0) is 42.0 Å². The zero-order valence-electron chi connectivity index (χ0n) is 15.4. The Labute approximate surface area is 162 Å². The van der Waals surface area contributed by atoms with E-state index >= 15 is 0 Å². The van der Waals surface area contributed by atoms with Crippen molar-refractivity contribution in [3.8, 4) is 0 Å². The molecule has 1 aliphatic rings. The number of H-pyrrole nitrogens is 1. The molecule has 0 saturated heterocycles. The number of carbonyl (C=O) groups excluding carboxylic acids is 2. The van der Waals surface area contributed by atoms with Gasteiger partial charge in [0, 0.05) is 29.7 Å². The van der Waals surface area contributed by atoms with Crippen LogP contribution in [0.25, 0.3) is 10.9 Å². The minimum absolute atomic E-state index is 0.0404. The van der Waals surface area contributed by atoms with Crippen LogP contribution in [-0.4, -0.2) is 29.9 Å². The summed E-state index contributed by atoms with van der Waals surface area (Å²) in [6, 6.07) is 17.1. The van der Waals surface area contributed by atoms with Gasteiger partial charge < -0.3 is 15.2 Å². The maximum atomic E-state index is 12.4. The first kappa shape index (κ1) is 18.0. The Morgan fingerprint density at radius 2 is 1.86 bits per heavy atom. The molecule has 4 rings (SSSR count). The van der Waals surface area contributed by atoms with Crippen molar-refractivity contribution < 1.29 is 9.59 Å². The van der Waals surface area contributed by atoms with Crippen LogP contribution in [-0.2, 0) is 22.4 Å². The summed E-state index contributed by atoms with van der Waals surface area (Å²) < 4.78 is 0. The lowest BCUT2D eigenvalue weighted by atomic mass is 10.1. The number of aromatic nitrogens is 1. The molecule has 0 unspecified atom stereocenters. The fourth-order valence-corrected chi connectivity index (χ4v) is 3.58. The number of benzene rings is 2. The van der Waals surface area contributed by atoms with Gasteiger partial charge in [0.25, 0.3) is 5.56 Å². The lowest BCUT2D eigenvalue weighted by Gasteiger charge is -2.17. The van der Waals surface area contributed by atoms with Gasteiger partial charge in [-0.1, -0.05) is 36.4 Å². The molecular weight excluding hydrogens is 354 g/mol. The van der Waals surface area contributed by atoms with E-state index in [0.717, 1.165) is 28.6 Å². The largest absolute Gasteiger partial charge is 0.347 e. The van der Waals surface area contributed by atoms with Crippen molar-refractivity contribution in [1.82, 2.24) is 10.3 Å². The van der Waals surface area contributed by atoms with E-state index < -0.39 is 0 Å². The number of nitrogens with one attached hydrogen (secondary N) is 2. The van der Waals surface area contributed by atoms with E-state index in [1.807, 2.05) is 54.6 Å². The zero-order chi connectivity index (χ0) is 19.5. The quantitative estimate of drug-likeness (QED) is 0.717. The average molecular weight is 375 g/mol. The number of aromatic amines is 1. The molecule has 0 fully saturated rings. The highest BCUT2D eigenvalue weighted by atomic mass is 16.2. The van der Waals surface area contributed by atoms with Crippen molar-refractivity contribution >= 4 is 28.4 Å². The average Bonchev–Trinajstić information content (AvgIpc) is 3.14. The van der Waals surface area contributed by atoms with E-state index in [2.05, 4.69) is 10.3 Å². The Hall–Kier alpha value is -3.41. The number of fused-ring (bicyclic) bond motifs is 2. The van der Waals surface area contributed by atoms with Crippen molar-refractivity contribution in [3.05, 3.63) is 76.1 Å². The number of aryl methyl sites for hydroxylation is 1. The molecule has 1 aliphatic heterocycles. The van der Waals surface area contributed by atoms with Gasteiger partial charge in [-0.15, -0.1) is 0 Å². The van der Waals surface area contributed by atoms with E-state index in [9.17, 15) is 14.4 Å². The van der Waals surface area contributed by atoms with Crippen LogP contribution in [0, 0.1) is 0 Å². The highest BCUT2D eigenvalue weighted by Gasteiger charge is 2.24. The van der Waals surface area contributed by atoms with Gasteiger partial charge in [0.2, 0.25) is 11.8 Å². The van der Waals surface area contributed by atoms with Gasteiger partial charge in [-0.2, -0.15) is 0 Å². The fourth-order valence-electron chi connectivity index (χ4n) is 3.58. The normalized spacial score (nSPS) is 12.8. The Morgan fingerprint density at radius 1 is 1.07 bits per heavy atom. The van der Waals surface area contributed by atoms with Crippen molar-refractivity contribution in [2.45, 2.75) is 19.3 Å². The number of amides is 2. The Kier molecular flexibility index (Phi) is 4.93. The first-order chi connectivity index (χ1) is 13.6. The van der Waals surface area contributed by atoms with Gasteiger partial charge in [0.15, 0.2) is 0 Å².